The van der Waals surface area contributed by atoms with Crippen LogP contribution in [0.5, 0.6) is 0 Å². The van der Waals surface area contributed by atoms with E-state index in [0.717, 1.165) is 0 Å². The van der Waals surface area contributed by atoms with Crippen molar-refractivity contribution in [3.63, 3.8) is 0 Å². The van der Waals surface area contributed by atoms with Crippen LogP contribution in [-0.4, -0.2) is 72.1 Å². The normalized spacial score (nSPS) is 13.5. The third kappa shape index (κ3) is 6.18. The van der Waals surface area contributed by atoms with Crippen LogP contribution in [0, 0.1) is 0 Å². The third-order valence-electron chi connectivity index (χ3n) is 3.12. The van der Waals surface area contributed by atoms with E-state index in [1.165, 1.54) is 21.3 Å². The van der Waals surface area contributed by atoms with Crippen molar-refractivity contribution < 1.29 is 35.0 Å². The van der Waals surface area contributed by atoms with Crippen LogP contribution in [-0.2, 0) is 35.8 Å². The van der Waals surface area contributed by atoms with Crippen molar-refractivity contribution in [2.45, 2.75) is 33.2 Å². The summed E-state index contributed by atoms with van der Waals surface area (Å²) >= 11 is 0. The average molecular weight is 391 g/mol. The zero-order valence-electron chi connectivity index (χ0n) is 14.9. The molecule has 0 amide bonds. The molecule has 0 spiro atoms. The van der Waals surface area contributed by atoms with Gasteiger partial charge in [-0.15, -0.1) is 0 Å². The molecule has 0 unspecified atom stereocenters. The van der Waals surface area contributed by atoms with Gasteiger partial charge in [0.2, 0.25) is 9.29 Å². The lowest BCUT2D eigenvalue weighted by atomic mass is 10.6. The second-order valence-corrected chi connectivity index (χ2v) is 14.5. The fraction of sp³-hybridized carbons (Fsp3) is 1.00. The second kappa shape index (κ2) is 10.9. The summed E-state index contributed by atoms with van der Waals surface area (Å²) < 4.78 is 57.2. The molecule has 0 aromatic carbocycles. The van der Waals surface area contributed by atoms with E-state index in [2.05, 4.69) is 0 Å². The molecule has 0 N–H and O–H groups in total. The average Bonchev–Trinajstić information content (AvgIpc) is 2.50. The molecular formula is C12H30O8SSi2. The van der Waals surface area contributed by atoms with E-state index in [-0.39, 0.29) is 5.75 Å². The van der Waals surface area contributed by atoms with Crippen molar-refractivity contribution in [1.82, 2.24) is 0 Å². The molecule has 0 aliphatic rings. The fourth-order valence-corrected chi connectivity index (χ4v) is 10.6. The van der Waals surface area contributed by atoms with Gasteiger partial charge in [0.15, 0.2) is 0 Å². The first-order chi connectivity index (χ1) is 10.8. The highest BCUT2D eigenvalue weighted by molar-refractivity contribution is 8.19. The molecule has 140 valence electrons. The van der Waals surface area contributed by atoms with Crippen molar-refractivity contribution in [2.24, 2.45) is 0 Å². The maximum atomic E-state index is 12.5. The highest BCUT2D eigenvalue weighted by atomic mass is 32.4. The molecule has 0 aliphatic heterocycles. The highest BCUT2D eigenvalue weighted by Crippen LogP contribution is 2.22. The molecule has 0 aromatic heterocycles. The smallest absolute Gasteiger partial charge is 0.374 e. The molecule has 0 heterocycles. The van der Waals surface area contributed by atoms with Crippen molar-refractivity contribution in [3.05, 3.63) is 0 Å². The number of hydrogen-bond donors (Lipinski definition) is 0. The van der Waals surface area contributed by atoms with Gasteiger partial charge < -0.3 is 26.6 Å². The van der Waals surface area contributed by atoms with E-state index < -0.39 is 26.0 Å². The van der Waals surface area contributed by atoms with Gasteiger partial charge in [0.05, 0.1) is 5.75 Å². The predicted molar refractivity (Wildman–Crippen MR) is 90.6 cm³/mol. The Morgan fingerprint density at radius 3 is 1.48 bits per heavy atom. The molecule has 23 heavy (non-hydrogen) atoms. The molecule has 0 bridgehead atoms. The van der Waals surface area contributed by atoms with Crippen LogP contribution >= 0.6 is 0 Å². The van der Waals surface area contributed by atoms with Crippen LogP contribution < -0.4 is 0 Å². The van der Waals surface area contributed by atoms with Gasteiger partial charge in [-0.25, -0.2) is 8.42 Å². The summed E-state index contributed by atoms with van der Waals surface area (Å²) in [5, 5.41) is 0. The first kappa shape index (κ1) is 23.1. The molecule has 0 aliphatic carbocycles. The van der Waals surface area contributed by atoms with Crippen molar-refractivity contribution in [3.8, 4) is 0 Å². The largest absolute Gasteiger partial charge is 0.634 e. The molecule has 8 nitrogen and oxygen atoms in total. The molecule has 0 saturated heterocycles. The third-order valence-corrected chi connectivity index (χ3v) is 13.8. The Hall–Kier alpha value is 0.144. The highest BCUT2D eigenvalue weighted by Gasteiger charge is 2.54. The van der Waals surface area contributed by atoms with E-state index in [9.17, 15) is 8.42 Å². The Labute approximate surface area is 141 Å². The predicted octanol–water partition coefficient (Wildman–Crippen LogP) is 1.21. The standard InChI is InChI=1S/C12H30O8SSi2/c1-7-18-22(19-8-2,20-9-3)12-10-11-21(13,14)23(15-4,16-5)17-6/h7-12H2,1-6H3. The summed E-state index contributed by atoms with van der Waals surface area (Å²) in [6, 6.07) is 0.406. The van der Waals surface area contributed by atoms with Crippen LogP contribution in [0.3, 0.4) is 0 Å². The van der Waals surface area contributed by atoms with Gasteiger partial charge in [-0.1, -0.05) is 0 Å². The second-order valence-electron chi connectivity index (χ2n) is 4.52. The Balaban J connectivity index is 4.99. The molecule has 0 saturated carbocycles. The van der Waals surface area contributed by atoms with Crippen LogP contribution in [0.25, 0.3) is 0 Å². The lowest BCUT2D eigenvalue weighted by molar-refractivity contribution is 0.0712. The summed E-state index contributed by atoms with van der Waals surface area (Å²) in [6.45, 7) is 6.92. The molecule has 0 radical (unpaired) electrons. The minimum absolute atomic E-state index is 0.142. The molecule has 0 atom stereocenters. The zero-order valence-corrected chi connectivity index (χ0v) is 17.7. The van der Waals surface area contributed by atoms with Crippen LogP contribution in [0.15, 0.2) is 0 Å². The Kier molecular flexibility index (Phi) is 11.0. The maximum Gasteiger partial charge on any atom is 0.634 e. The molecule has 11 heteroatoms. The van der Waals surface area contributed by atoms with Gasteiger partial charge in [0, 0.05) is 47.2 Å². The maximum absolute atomic E-state index is 12.5. The monoisotopic (exact) mass is 390 g/mol. The van der Waals surface area contributed by atoms with Gasteiger partial charge in [0.1, 0.15) is 0 Å². The van der Waals surface area contributed by atoms with Crippen LogP contribution in [0.4, 0.5) is 0 Å². The van der Waals surface area contributed by atoms with E-state index >= 15 is 0 Å². The first-order valence-electron chi connectivity index (χ1n) is 7.62. The lowest BCUT2D eigenvalue weighted by Crippen LogP contribution is -2.53. The topological polar surface area (TPSA) is 89.5 Å². The van der Waals surface area contributed by atoms with Gasteiger partial charge in [-0.2, -0.15) is 0 Å². The Bertz CT molecular complexity index is 388. The summed E-state index contributed by atoms with van der Waals surface area (Å²) in [5.41, 5.74) is 0. The van der Waals surface area contributed by atoms with Crippen molar-refractivity contribution in [2.75, 3.05) is 46.9 Å². The number of rotatable bonds is 14. The van der Waals surface area contributed by atoms with Crippen molar-refractivity contribution in [1.29, 1.82) is 0 Å². The summed E-state index contributed by atoms with van der Waals surface area (Å²) in [6.07, 6.45) is 0.319. The summed E-state index contributed by atoms with van der Waals surface area (Å²) in [5.74, 6) is -0.142. The summed E-state index contributed by atoms with van der Waals surface area (Å²) in [4.78, 5) is 0. The van der Waals surface area contributed by atoms with E-state index in [0.29, 0.717) is 32.3 Å². The van der Waals surface area contributed by atoms with Crippen LogP contribution in [0.2, 0.25) is 6.04 Å². The molecule has 0 fully saturated rings. The minimum atomic E-state index is -3.73. The number of hydrogen-bond acceptors (Lipinski definition) is 8. The fourth-order valence-electron chi connectivity index (χ4n) is 2.24. The quantitative estimate of drug-likeness (QED) is 0.409. The van der Waals surface area contributed by atoms with Gasteiger partial charge in [-0.05, 0) is 27.2 Å². The Morgan fingerprint density at radius 2 is 1.17 bits per heavy atom. The van der Waals surface area contributed by atoms with Gasteiger partial charge in [0.25, 0.3) is 0 Å². The lowest BCUT2D eigenvalue weighted by Gasteiger charge is -2.29. The Morgan fingerprint density at radius 1 is 0.783 bits per heavy atom. The van der Waals surface area contributed by atoms with E-state index in [4.69, 9.17) is 26.6 Å². The van der Waals surface area contributed by atoms with Crippen LogP contribution in [0.1, 0.15) is 27.2 Å². The molecule has 0 aromatic rings. The molecular weight excluding hydrogens is 360 g/mol. The van der Waals surface area contributed by atoms with Gasteiger partial charge in [-0.3, -0.25) is 0 Å². The van der Waals surface area contributed by atoms with Gasteiger partial charge >= 0.3 is 16.8 Å². The van der Waals surface area contributed by atoms with E-state index in [1.54, 1.807) is 0 Å². The van der Waals surface area contributed by atoms with Crippen molar-refractivity contribution >= 4 is 26.0 Å². The van der Waals surface area contributed by atoms with E-state index in [1.807, 2.05) is 20.8 Å². The SMILES string of the molecule is CCO[Si](CCCS(=O)(=O)[Si](OC)(OC)OC)(OCC)OCC. The summed E-state index contributed by atoms with van der Waals surface area (Å²) in [7, 11) is -6.44. The zero-order chi connectivity index (χ0) is 18.0. The molecule has 0 rings (SSSR count). The first-order valence-corrected chi connectivity index (χ1v) is 13.7. The minimum Gasteiger partial charge on any atom is -0.374 e.